The Morgan fingerprint density at radius 2 is 2.33 bits per heavy atom. The van der Waals surface area contributed by atoms with E-state index in [2.05, 4.69) is 19.2 Å². The molecule has 1 rings (SSSR count). The molecule has 1 saturated heterocycles. The minimum absolute atomic E-state index is 0.689. The van der Waals surface area contributed by atoms with E-state index in [-0.39, 0.29) is 0 Å². The van der Waals surface area contributed by atoms with Gasteiger partial charge in [-0.1, -0.05) is 6.92 Å². The molecule has 0 radical (unpaired) electrons. The topological polar surface area (TPSA) is 21.3 Å². The molecule has 1 aliphatic rings. The molecule has 1 fully saturated rings. The Morgan fingerprint density at radius 3 is 3.00 bits per heavy atom. The van der Waals surface area contributed by atoms with Crippen molar-refractivity contribution in [2.75, 3.05) is 19.8 Å². The second-order valence-corrected chi connectivity index (χ2v) is 3.82. The smallest absolute Gasteiger partial charge is 0.0495 e. The van der Waals surface area contributed by atoms with Crippen LogP contribution in [0.3, 0.4) is 0 Å². The van der Waals surface area contributed by atoms with E-state index in [0.29, 0.717) is 6.04 Å². The van der Waals surface area contributed by atoms with Crippen LogP contribution in [0.15, 0.2) is 0 Å². The van der Waals surface area contributed by atoms with Gasteiger partial charge in [-0.3, -0.25) is 0 Å². The van der Waals surface area contributed by atoms with E-state index < -0.39 is 0 Å². The van der Waals surface area contributed by atoms with Gasteiger partial charge in [0.1, 0.15) is 0 Å². The van der Waals surface area contributed by atoms with Crippen LogP contribution in [-0.2, 0) is 4.74 Å². The Balaban J connectivity index is 2.06. The average molecular weight is 171 g/mol. The van der Waals surface area contributed by atoms with Crippen LogP contribution in [0.25, 0.3) is 0 Å². The van der Waals surface area contributed by atoms with Gasteiger partial charge in [-0.25, -0.2) is 0 Å². The first-order valence-electron chi connectivity index (χ1n) is 5.14. The number of hydrogen-bond donors (Lipinski definition) is 1. The summed E-state index contributed by atoms with van der Waals surface area (Å²) in [5.41, 5.74) is 0. The maximum Gasteiger partial charge on any atom is 0.0495 e. The minimum atomic E-state index is 0.689. The maximum absolute atomic E-state index is 5.54. The van der Waals surface area contributed by atoms with Gasteiger partial charge in [-0.2, -0.15) is 0 Å². The second-order valence-electron chi connectivity index (χ2n) is 3.82. The van der Waals surface area contributed by atoms with Gasteiger partial charge in [-0.15, -0.1) is 0 Å². The number of piperidine rings is 1. The molecule has 0 aliphatic carbocycles. The van der Waals surface area contributed by atoms with E-state index in [0.717, 1.165) is 25.6 Å². The van der Waals surface area contributed by atoms with Crippen LogP contribution in [0.5, 0.6) is 0 Å². The molecule has 2 nitrogen and oxygen atoms in total. The van der Waals surface area contributed by atoms with Crippen molar-refractivity contribution in [2.45, 2.75) is 39.2 Å². The predicted molar refractivity (Wildman–Crippen MR) is 51.3 cm³/mol. The van der Waals surface area contributed by atoms with Crippen LogP contribution >= 0.6 is 0 Å². The van der Waals surface area contributed by atoms with Gasteiger partial charge in [0.25, 0.3) is 0 Å². The second kappa shape index (κ2) is 5.55. The van der Waals surface area contributed by atoms with E-state index in [4.69, 9.17) is 4.74 Å². The molecule has 0 aromatic carbocycles. The zero-order valence-electron chi connectivity index (χ0n) is 8.31. The molecule has 2 heteroatoms. The summed E-state index contributed by atoms with van der Waals surface area (Å²) in [6.07, 6.45) is 3.71. The van der Waals surface area contributed by atoms with Crippen molar-refractivity contribution in [3.8, 4) is 0 Å². The molecule has 1 N–H and O–H groups in total. The van der Waals surface area contributed by atoms with Crippen molar-refractivity contribution >= 4 is 0 Å². The van der Waals surface area contributed by atoms with Gasteiger partial charge in [0, 0.05) is 19.3 Å². The van der Waals surface area contributed by atoms with Crippen LogP contribution in [0.2, 0.25) is 0 Å². The fraction of sp³-hybridized carbons (Fsp3) is 1.00. The summed E-state index contributed by atoms with van der Waals surface area (Å²) in [6.45, 7) is 7.48. The molecule has 0 aromatic rings. The molecule has 2 atom stereocenters. The Morgan fingerprint density at radius 1 is 1.50 bits per heavy atom. The van der Waals surface area contributed by atoms with E-state index in [1.165, 1.54) is 19.4 Å². The summed E-state index contributed by atoms with van der Waals surface area (Å²) in [5, 5.41) is 3.45. The van der Waals surface area contributed by atoms with Crippen molar-refractivity contribution in [1.82, 2.24) is 5.32 Å². The largest absolute Gasteiger partial charge is 0.381 e. The summed E-state index contributed by atoms with van der Waals surface area (Å²) in [7, 11) is 0. The molecule has 1 aliphatic heterocycles. The molecular formula is C10H21NO. The van der Waals surface area contributed by atoms with Crippen molar-refractivity contribution in [1.29, 1.82) is 0 Å². The Hall–Kier alpha value is -0.0800. The molecule has 0 amide bonds. The molecule has 0 bridgehead atoms. The van der Waals surface area contributed by atoms with Crippen LogP contribution in [-0.4, -0.2) is 25.8 Å². The minimum Gasteiger partial charge on any atom is -0.381 e. The lowest BCUT2D eigenvalue weighted by molar-refractivity contribution is 0.0824. The SMILES string of the molecule is CCCOCC1CCNC(C)C1. The third-order valence-corrected chi connectivity index (χ3v) is 2.43. The molecular weight excluding hydrogens is 150 g/mol. The summed E-state index contributed by atoms with van der Waals surface area (Å²) in [6, 6.07) is 0.689. The van der Waals surface area contributed by atoms with Crippen molar-refractivity contribution in [3.05, 3.63) is 0 Å². The number of ether oxygens (including phenoxy) is 1. The van der Waals surface area contributed by atoms with Gasteiger partial charge in [0.05, 0.1) is 0 Å². The van der Waals surface area contributed by atoms with Crippen LogP contribution in [0.1, 0.15) is 33.1 Å². The molecule has 0 saturated carbocycles. The molecule has 72 valence electrons. The molecule has 2 unspecified atom stereocenters. The predicted octanol–water partition coefficient (Wildman–Crippen LogP) is 1.80. The highest BCUT2D eigenvalue weighted by Gasteiger charge is 2.17. The fourth-order valence-corrected chi connectivity index (χ4v) is 1.78. The van der Waals surface area contributed by atoms with E-state index in [9.17, 15) is 0 Å². The highest BCUT2D eigenvalue weighted by molar-refractivity contribution is 4.74. The monoisotopic (exact) mass is 171 g/mol. The average Bonchev–Trinajstić information content (AvgIpc) is 2.05. The normalized spacial score (nSPS) is 30.5. The van der Waals surface area contributed by atoms with Gasteiger partial charge in [0.2, 0.25) is 0 Å². The standard InChI is InChI=1S/C10H21NO/c1-3-6-12-8-10-4-5-11-9(2)7-10/h9-11H,3-8H2,1-2H3. The van der Waals surface area contributed by atoms with E-state index >= 15 is 0 Å². The molecule has 0 aromatic heterocycles. The van der Waals surface area contributed by atoms with Gasteiger partial charge in [0.15, 0.2) is 0 Å². The van der Waals surface area contributed by atoms with E-state index in [1.807, 2.05) is 0 Å². The lowest BCUT2D eigenvalue weighted by Crippen LogP contribution is -2.37. The van der Waals surface area contributed by atoms with Gasteiger partial charge < -0.3 is 10.1 Å². The zero-order chi connectivity index (χ0) is 8.81. The van der Waals surface area contributed by atoms with Crippen LogP contribution in [0, 0.1) is 5.92 Å². The quantitative estimate of drug-likeness (QED) is 0.651. The first-order valence-corrected chi connectivity index (χ1v) is 5.14. The summed E-state index contributed by atoms with van der Waals surface area (Å²) in [5.74, 6) is 0.799. The summed E-state index contributed by atoms with van der Waals surface area (Å²) >= 11 is 0. The number of hydrogen-bond acceptors (Lipinski definition) is 2. The number of rotatable bonds is 4. The lowest BCUT2D eigenvalue weighted by Gasteiger charge is -2.27. The molecule has 12 heavy (non-hydrogen) atoms. The maximum atomic E-state index is 5.54. The third kappa shape index (κ3) is 3.55. The Bertz CT molecular complexity index is 116. The Labute approximate surface area is 75.7 Å². The first-order chi connectivity index (χ1) is 5.83. The van der Waals surface area contributed by atoms with E-state index in [1.54, 1.807) is 0 Å². The summed E-state index contributed by atoms with van der Waals surface area (Å²) in [4.78, 5) is 0. The van der Waals surface area contributed by atoms with Crippen LogP contribution < -0.4 is 5.32 Å². The van der Waals surface area contributed by atoms with Gasteiger partial charge in [-0.05, 0) is 38.6 Å². The molecule has 0 spiro atoms. The van der Waals surface area contributed by atoms with Crippen molar-refractivity contribution in [3.63, 3.8) is 0 Å². The summed E-state index contributed by atoms with van der Waals surface area (Å²) < 4.78 is 5.54. The highest BCUT2D eigenvalue weighted by Crippen LogP contribution is 2.15. The first kappa shape index (κ1) is 10.0. The Kier molecular flexibility index (Phi) is 4.62. The van der Waals surface area contributed by atoms with Gasteiger partial charge >= 0.3 is 0 Å². The fourth-order valence-electron chi connectivity index (χ4n) is 1.78. The number of nitrogens with one attached hydrogen (secondary N) is 1. The van der Waals surface area contributed by atoms with Crippen molar-refractivity contribution in [2.24, 2.45) is 5.92 Å². The van der Waals surface area contributed by atoms with Crippen molar-refractivity contribution < 1.29 is 4.74 Å². The molecule has 1 heterocycles. The highest BCUT2D eigenvalue weighted by atomic mass is 16.5. The zero-order valence-corrected chi connectivity index (χ0v) is 8.31. The lowest BCUT2D eigenvalue weighted by atomic mass is 9.94. The third-order valence-electron chi connectivity index (χ3n) is 2.43. The van der Waals surface area contributed by atoms with Crippen LogP contribution in [0.4, 0.5) is 0 Å².